The van der Waals surface area contributed by atoms with Crippen molar-refractivity contribution in [1.82, 2.24) is 0 Å². The molecule has 74 valence electrons. The fraction of sp³-hybridized carbons (Fsp3) is 0.833. The molecule has 0 rings (SSSR count). The van der Waals surface area contributed by atoms with Crippen molar-refractivity contribution < 1.29 is 23.6 Å². The number of aliphatic carboxylic acids is 1. The van der Waals surface area contributed by atoms with Crippen LogP contribution in [0.5, 0.6) is 0 Å². The highest BCUT2D eigenvalue weighted by Gasteiger charge is 2.33. The highest BCUT2D eigenvalue weighted by Crippen LogP contribution is 2.39. The molecule has 0 aromatic heterocycles. The molecule has 0 aliphatic rings. The summed E-state index contributed by atoms with van der Waals surface area (Å²) in [4.78, 5) is 10.2. The monoisotopic (exact) mass is 225 g/mol. The lowest BCUT2D eigenvalue weighted by Crippen LogP contribution is -2.01. The molecule has 0 aliphatic carbocycles. The van der Waals surface area contributed by atoms with Crippen molar-refractivity contribution in [2.75, 3.05) is 6.61 Å². The van der Waals surface area contributed by atoms with Gasteiger partial charge in [-0.25, -0.2) is 0 Å². The minimum Gasteiger partial charge on any atom is -0.481 e. The molecule has 13 heavy (non-hydrogen) atoms. The first kappa shape index (κ1) is 12.6. The Morgan fingerprint density at radius 1 is 1.69 bits per heavy atom. The Balaban J connectivity index is 3.94. The van der Waals surface area contributed by atoms with E-state index in [0.29, 0.717) is 0 Å². The molecule has 0 saturated heterocycles. The first-order valence-corrected chi connectivity index (χ1v) is 5.88. The fourth-order valence-electron chi connectivity index (χ4n) is 0.662. The van der Waals surface area contributed by atoms with Gasteiger partial charge in [0.05, 0.1) is 13.0 Å². The zero-order valence-corrected chi connectivity index (χ0v) is 8.96. The molecule has 2 unspecified atom stereocenters. The number of carboxylic acid groups (broad SMARTS) is 1. The van der Waals surface area contributed by atoms with Crippen LogP contribution in [-0.2, 0) is 18.4 Å². The fourth-order valence-corrected chi connectivity index (χ4v) is 2.17. The maximum absolute atomic E-state index is 11.1. The Bertz CT molecular complexity index is 205. The highest BCUT2D eigenvalue weighted by atomic mass is 31.2. The van der Waals surface area contributed by atoms with Crippen LogP contribution in [0.1, 0.15) is 19.8 Å². The summed E-state index contributed by atoms with van der Waals surface area (Å²) in [5, 5.41) is 7.63. The van der Waals surface area contributed by atoms with Crippen LogP contribution in [-0.4, -0.2) is 23.1 Å². The SMILES string of the molecule is CCO[P+](=O)C(CCC(=O)O)P=O. The quantitative estimate of drug-likeness (QED) is 0.672. The normalized spacial score (nSPS) is 14.1. The molecule has 0 radical (unpaired) electrons. The third-order valence-corrected chi connectivity index (χ3v) is 3.85. The third-order valence-electron chi connectivity index (χ3n) is 1.24. The molecule has 0 amide bonds. The summed E-state index contributed by atoms with van der Waals surface area (Å²) >= 11 is 0. The molecule has 0 fully saturated rings. The van der Waals surface area contributed by atoms with Crippen LogP contribution < -0.4 is 0 Å². The molecule has 0 aliphatic heterocycles. The molecule has 0 aromatic carbocycles. The molecule has 0 aromatic rings. The maximum Gasteiger partial charge on any atom is 0.523 e. The van der Waals surface area contributed by atoms with Gasteiger partial charge in [-0.1, -0.05) is 0 Å². The van der Waals surface area contributed by atoms with Gasteiger partial charge in [0.1, 0.15) is 0 Å². The summed E-state index contributed by atoms with van der Waals surface area (Å²) in [6.45, 7) is 1.94. The second-order valence-electron chi connectivity index (χ2n) is 2.22. The van der Waals surface area contributed by atoms with Crippen molar-refractivity contribution in [1.29, 1.82) is 0 Å². The van der Waals surface area contributed by atoms with Gasteiger partial charge in [-0.15, -0.1) is 4.52 Å². The van der Waals surface area contributed by atoms with Crippen LogP contribution in [0.15, 0.2) is 0 Å². The van der Waals surface area contributed by atoms with E-state index in [1.165, 1.54) is 0 Å². The van der Waals surface area contributed by atoms with Crippen molar-refractivity contribution in [2.24, 2.45) is 0 Å². The van der Waals surface area contributed by atoms with Crippen LogP contribution >= 0.6 is 16.5 Å². The second-order valence-corrected chi connectivity index (χ2v) is 4.92. The summed E-state index contributed by atoms with van der Waals surface area (Å²) in [5.41, 5.74) is 0. The Labute approximate surface area is 78.5 Å². The molecule has 5 nitrogen and oxygen atoms in total. The Morgan fingerprint density at radius 3 is 2.69 bits per heavy atom. The van der Waals surface area contributed by atoms with Crippen molar-refractivity contribution >= 4 is 22.5 Å². The largest absolute Gasteiger partial charge is 0.523 e. The zero-order chi connectivity index (χ0) is 10.3. The smallest absolute Gasteiger partial charge is 0.481 e. The molecule has 7 heteroatoms. The van der Waals surface area contributed by atoms with Gasteiger partial charge in [-0.2, -0.15) is 0 Å². The summed E-state index contributed by atoms with van der Waals surface area (Å²) in [7, 11) is -2.34. The van der Waals surface area contributed by atoms with Crippen LogP contribution in [0.4, 0.5) is 0 Å². The van der Waals surface area contributed by atoms with Crippen molar-refractivity contribution in [3.8, 4) is 0 Å². The molecular weight excluding hydrogens is 214 g/mol. The van der Waals surface area contributed by atoms with Gasteiger partial charge in [0.15, 0.2) is 0 Å². The van der Waals surface area contributed by atoms with E-state index in [-0.39, 0.29) is 27.9 Å². The first-order chi connectivity index (χ1) is 6.11. The van der Waals surface area contributed by atoms with E-state index in [9.17, 15) is 13.9 Å². The summed E-state index contributed by atoms with van der Waals surface area (Å²) in [6.07, 6.45) is -0.0380. The lowest BCUT2D eigenvalue weighted by molar-refractivity contribution is -0.137. The van der Waals surface area contributed by atoms with Crippen molar-refractivity contribution in [3.63, 3.8) is 0 Å². The summed E-state index contributed by atoms with van der Waals surface area (Å²) in [6, 6.07) is 0. The number of rotatable bonds is 7. The van der Waals surface area contributed by atoms with Crippen molar-refractivity contribution in [3.05, 3.63) is 0 Å². The summed E-state index contributed by atoms with van der Waals surface area (Å²) in [5.74, 6) is -0.992. The predicted octanol–water partition coefficient (Wildman–Crippen LogP) is 2.25. The Morgan fingerprint density at radius 2 is 2.31 bits per heavy atom. The predicted molar refractivity (Wildman–Crippen MR) is 47.5 cm³/mol. The maximum atomic E-state index is 11.1. The minimum absolute atomic E-state index is 0.107. The molecule has 2 atom stereocenters. The average Bonchev–Trinajstić information content (AvgIpc) is 2.05. The standard InChI is InChI=1S/C6H10O5P2/c1-2-11-13(10)6(12-9)4-3-5(7)8/h6H,2-4H2,1H3/p+1. The first-order valence-electron chi connectivity index (χ1n) is 3.75. The molecule has 0 bridgehead atoms. The number of carboxylic acids is 1. The van der Waals surface area contributed by atoms with Gasteiger partial charge in [0.25, 0.3) is 5.40 Å². The Hall–Kier alpha value is -0.370. The van der Waals surface area contributed by atoms with E-state index in [1.54, 1.807) is 6.92 Å². The van der Waals surface area contributed by atoms with Gasteiger partial charge in [-0.05, 0) is 11.5 Å². The van der Waals surface area contributed by atoms with E-state index >= 15 is 0 Å². The van der Waals surface area contributed by atoms with Gasteiger partial charge in [-0.3, -0.25) is 9.36 Å². The van der Waals surface area contributed by atoms with E-state index in [2.05, 4.69) is 0 Å². The molecular formula is C6H11O5P2+. The van der Waals surface area contributed by atoms with Crippen LogP contribution in [0.25, 0.3) is 0 Å². The van der Waals surface area contributed by atoms with E-state index < -0.39 is 19.4 Å². The zero-order valence-electron chi connectivity index (χ0n) is 7.17. The van der Waals surface area contributed by atoms with E-state index in [4.69, 9.17) is 9.63 Å². The van der Waals surface area contributed by atoms with Gasteiger partial charge in [0.2, 0.25) is 8.46 Å². The van der Waals surface area contributed by atoms with Gasteiger partial charge in [0, 0.05) is 6.42 Å². The number of carbonyl (C=O) groups is 1. The van der Waals surface area contributed by atoms with E-state index in [0.717, 1.165) is 0 Å². The van der Waals surface area contributed by atoms with Crippen molar-refractivity contribution in [2.45, 2.75) is 25.2 Å². The second kappa shape index (κ2) is 7.07. The molecule has 0 saturated carbocycles. The van der Waals surface area contributed by atoms with E-state index in [1.807, 2.05) is 0 Å². The Kier molecular flexibility index (Phi) is 6.87. The van der Waals surface area contributed by atoms with Crippen LogP contribution in [0.2, 0.25) is 0 Å². The average molecular weight is 225 g/mol. The number of hydrogen-bond donors (Lipinski definition) is 1. The lowest BCUT2D eigenvalue weighted by atomic mass is 10.3. The highest BCUT2D eigenvalue weighted by molar-refractivity contribution is 7.53. The third kappa shape index (κ3) is 5.81. The van der Waals surface area contributed by atoms with Gasteiger partial charge < -0.3 is 5.11 Å². The summed E-state index contributed by atoms with van der Waals surface area (Å²) < 4.78 is 26.3. The minimum atomic E-state index is -2.01. The molecule has 0 heterocycles. The lowest BCUT2D eigenvalue weighted by Gasteiger charge is -1.93. The van der Waals surface area contributed by atoms with Gasteiger partial charge >= 0.3 is 14.0 Å². The van der Waals surface area contributed by atoms with Crippen LogP contribution in [0.3, 0.4) is 0 Å². The molecule has 1 N–H and O–H groups in total. The topological polar surface area (TPSA) is 80.7 Å². The van der Waals surface area contributed by atoms with Crippen LogP contribution in [0, 0.1) is 0 Å². The number of hydrogen-bond acceptors (Lipinski definition) is 4. The molecule has 0 spiro atoms.